The minimum absolute atomic E-state index is 0.0143. The number of benzene rings is 3. The number of carbonyl (C=O) groups is 2. The third kappa shape index (κ3) is 3.74. The van der Waals surface area contributed by atoms with Crippen LogP contribution in [0, 0.1) is 5.92 Å². The minimum Gasteiger partial charge on any atom is -0.339 e. The number of rotatable bonds is 3. The average molecular weight is 411 g/mol. The summed E-state index contributed by atoms with van der Waals surface area (Å²) in [6.45, 7) is 2.00. The van der Waals surface area contributed by atoms with E-state index in [0.29, 0.717) is 13.1 Å². The van der Waals surface area contributed by atoms with Gasteiger partial charge in [0.05, 0.1) is 0 Å². The predicted octanol–water partition coefficient (Wildman–Crippen LogP) is 4.80. The van der Waals surface area contributed by atoms with Crippen LogP contribution in [0.1, 0.15) is 28.8 Å². The molecule has 0 spiro atoms. The summed E-state index contributed by atoms with van der Waals surface area (Å²) in [7, 11) is 0. The number of carbonyl (C=O) groups excluding carboxylic acids is 2. The molecule has 3 aromatic carbocycles. The number of fused-ring (bicyclic) bond motifs is 1. The van der Waals surface area contributed by atoms with Gasteiger partial charge in [0.1, 0.15) is 0 Å². The minimum atomic E-state index is -0.0143. The summed E-state index contributed by atoms with van der Waals surface area (Å²) in [6.07, 6.45) is 2.36. The molecule has 3 aromatic rings. The fraction of sp³-hybridized carbons (Fsp3) is 0.259. The molecular weight excluding hydrogens is 384 g/mol. The van der Waals surface area contributed by atoms with Gasteiger partial charge < -0.3 is 9.80 Å². The Morgan fingerprint density at radius 3 is 2.23 bits per heavy atom. The number of nitrogens with zero attached hydrogens (tertiary/aromatic N) is 2. The molecule has 5 rings (SSSR count). The van der Waals surface area contributed by atoms with E-state index >= 15 is 0 Å². The van der Waals surface area contributed by atoms with E-state index in [0.717, 1.165) is 48.2 Å². The Kier molecular flexibility index (Phi) is 5.29. The lowest BCUT2D eigenvalue weighted by Crippen LogP contribution is -2.44. The Morgan fingerprint density at radius 2 is 1.42 bits per heavy atom. The molecular formula is C27H26N2O2. The molecule has 0 radical (unpaired) electrons. The molecule has 2 amide bonds. The molecule has 0 bridgehead atoms. The first kappa shape index (κ1) is 19.6. The third-order valence-electron chi connectivity index (χ3n) is 6.53. The molecule has 2 aliphatic heterocycles. The van der Waals surface area contributed by atoms with Gasteiger partial charge in [0.2, 0.25) is 5.91 Å². The van der Waals surface area contributed by atoms with Gasteiger partial charge in [-0.3, -0.25) is 9.59 Å². The molecule has 0 atom stereocenters. The average Bonchev–Trinajstić information content (AvgIpc) is 3.28. The summed E-state index contributed by atoms with van der Waals surface area (Å²) in [6, 6.07) is 26.0. The highest BCUT2D eigenvalue weighted by atomic mass is 16.2. The normalized spacial score (nSPS) is 16.3. The van der Waals surface area contributed by atoms with Gasteiger partial charge in [0, 0.05) is 36.8 Å². The molecule has 1 fully saturated rings. The molecule has 0 saturated carbocycles. The highest BCUT2D eigenvalue weighted by molar-refractivity contribution is 6.01. The molecule has 1 saturated heterocycles. The summed E-state index contributed by atoms with van der Waals surface area (Å²) in [5.74, 6) is 0.248. The smallest absolute Gasteiger partial charge is 0.254 e. The van der Waals surface area contributed by atoms with Crippen LogP contribution in [0.4, 0.5) is 5.69 Å². The summed E-state index contributed by atoms with van der Waals surface area (Å²) in [4.78, 5) is 30.3. The number of hydrogen-bond acceptors (Lipinski definition) is 2. The summed E-state index contributed by atoms with van der Waals surface area (Å²) < 4.78 is 0. The lowest BCUT2D eigenvalue weighted by Gasteiger charge is -2.33. The summed E-state index contributed by atoms with van der Waals surface area (Å²) >= 11 is 0. The van der Waals surface area contributed by atoms with Gasteiger partial charge in [-0.15, -0.1) is 0 Å². The number of anilines is 1. The van der Waals surface area contributed by atoms with E-state index in [4.69, 9.17) is 0 Å². The first-order valence-electron chi connectivity index (χ1n) is 11.1. The SMILES string of the molecule is O=C(c1ccccc1-c1ccccc1)N1CCC(C(=O)N2CCc3ccccc32)CC1. The topological polar surface area (TPSA) is 40.6 Å². The second-order valence-corrected chi connectivity index (χ2v) is 8.35. The highest BCUT2D eigenvalue weighted by Gasteiger charge is 2.33. The van der Waals surface area contributed by atoms with Crippen LogP contribution in [0.5, 0.6) is 0 Å². The van der Waals surface area contributed by atoms with Gasteiger partial charge in [-0.25, -0.2) is 0 Å². The van der Waals surface area contributed by atoms with E-state index in [1.165, 1.54) is 5.56 Å². The maximum atomic E-state index is 13.3. The molecule has 0 aromatic heterocycles. The zero-order chi connectivity index (χ0) is 21.2. The Hall–Kier alpha value is -3.40. The number of para-hydroxylation sites is 1. The van der Waals surface area contributed by atoms with Gasteiger partial charge in [0.25, 0.3) is 5.91 Å². The first-order valence-corrected chi connectivity index (χ1v) is 11.1. The number of hydrogen-bond donors (Lipinski definition) is 0. The van der Waals surface area contributed by atoms with Crippen molar-refractivity contribution in [1.29, 1.82) is 0 Å². The summed E-state index contributed by atoms with van der Waals surface area (Å²) in [5, 5.41) is 0. The van der Waals surface area contributed by atoms with E-state index in [9.17, 15) is 9.59 Å². The molecule has 4 heteroatoms. The van der Waals surface area contributed by atoms with E-state index in [-0.39, 0.29) is 17.7 Å². The Bertz CT molecular complexity index is 1100. The van der Waals surface area contributed by atoms with Crippen LogP contribution in [0.15, 0.2) is 78.9 Å². The monoisotopic (exact) mass is 410 g/mol. The van der Waals surface area contributed by atoms with Crippen LogP contribution >= 0.6 is 0 Å². The van der Waals surface area contributed by atoms with Crippen molar-refractivity contribution in [3.05, 3.63) is 90.0 Å². The molecule has 0 aliphatic carbocycles. The maximum Gasteiger partial charge on any atom is 0.254 e. The first-order chi connectivity index (χ1) is 15.2. The van der Waals surface area contributed by atoms with Gasteiger partial charge in [0.15, 0.2) is 0 Å². The Labute approximate surface area is 183 Å². The zero-order valence-corrected chi connectivity index (χ0v) is 17.5. The summed E-state index contributed by atoms with van der Waals surface area (Å²) in [5.41, 5.74) is 5.04. The van der Waals surface area contributed by atoms with E-state index in [1.807, 2.05) is 82.6 Å². The van der Waals surface area contributed by atoms with Gasteiger partial charge >= 0.3 is 0 Å². The Balaban J connectivity index is 1.28. The number of amides is 2. The van der Waals surface area contributed by atoms with Crippen molar-refractivity contribution in [1.82, 2.24) is 4.90 Å². The van der Waals surface area contributed by atoms with Crippen molar-refractivity contribution in [2.45, 2.75) is 19.3 Å². The van der Waals surface area contributed by atoms with Crippen molar-refractivity contribution in [3.8, 4) is 11.1 Å². The maximum absolute atomic E-state index is 13.3. The molecule has 2 aliphatic rings. The molecule has 4 nitrogen and oxygen atoms in total. The molecule has 31 heavy (non-hydrogen) atoms. The molecule has 2 heterocycles. The second-order valence-electron chi connectivity index (χ2n) is 8.35. The van der Waals surface area contributed by atoms with Crippen LogP contribution in [-0.4, -0.2) is 36.3 Å². The van der Waals surface area contributed by atoms with Crippen molar-refractivity contribution in [2.24, 2.45) is 5.92 Å². The number of piperidine rings is 1. The number of likely N-dealkylation sites (tertiary alicyclic amines) is 1. The van der Waals surface area contributed by atoms with Crippen LogP contribution in [0.2, 0.25) is 0 Å². The lowest BCUT2D eigenvalue weighted by molar-refractivity contribution is -0.123. The second kappa shape index (κ2) is 8.38. The van der Waals surface area contributed by atoms with E-state index in [1.54, 1.807) is 0 Å². The van der Waals surface area contributed by atoms with Crippen LogP contribution in [0.25, 0.3) is 11.1 Å². The van der Waals surface area contributed by atoms with Crippen LogP contribution in [-0.2, 0) is 11.2 Å². The molecule has 0 N–H and O–H groups in total. The van der Waals surface area contributed by atoms with E-state index in [2.05, 4.69) is 6.07 Å². The van der Waals surface area contributed by atoms with Crippen molar-refractivity contribution in [3.63, 3.8) is 0 Å². The largest absolute Gasteiger partial charge is 0.339 e. The van der Waals surface area contributed by atoms with Crippen molar-refractivity contribution < 1.29 is 9.59 Å². The third-order valence-corrected chi connectivity index (χ3v) is 6.53. The van der Waals surface area contributed by atoms with Crippen LogP contribution in [0.3, 0.4) is 0 Å². The molecule has 0 unspecified atom stereocenters. The van der Waals surface area contributed by atoms with Gasteiger partial charge in [-0.1, -0.05) is 66.7 Å². The molecule has 156 valence electrons. The zero-order valence-electron chi connectivity index (χ0n) is 17.5. The fourth-order valence-corrected chi connectivity index (χ4v) is 4.83. The fourth-order valence-electron chi connectivity index (χ4n) is 4.83. The quantitative estimate of drug-likeness (QED) is 0.623. The van der Waals surface area contributed by atoms with Crippen LogP contribution < -0.4 is 4.90 Å². The Morgan fingerprint density at radius 1 is 0.742 bits per heavy atom. The van der Waals surface area contributed by atoms with Crippen molar-refractivity contribution >= 4 is 17.5 Å². The van der Waals surface area contributed by atoms with E-state index < -0.39 is 0 Å². The highest BCUT2D eigenvalue weighted by Crippen LogP contribution is 2.32. The van der Waals surface area contributed by atoms with Gasteiger partial charge in [-0.05, 0) is 48.1 Å². The predicted molar refractivity (Wildman–Crippen MR) is 123 cm³/mol. The van der Waals surface area contributed by atoms with Gasteiger partial charge in [-0.2, -0.15) is 0 Å². The van der Waals surface area contributed by atoms with Crippen molar-refractivity contribution in [2.75, 3.05) is 24.5 Å². The lowest BCUT2D eigenvalue weighted by atomic mass is 9.93. The standard InChI is InChI=1S/C27H26N2O2/c30-26(29-19-16-21-10-4-7-13-25(21)29)22-14-17-28(18-15-22)27(31)24-12-6-5-11-23(24)20-8-2-1-3-9-20/h1-13,22H,14-19H2.